The molecular formula is C16H22N2O4S2. The van der Waals surface area contributed by atoms with E-state index in [1.807, 2.05) is 6.07 Å². The highest BCUT2D eigenvalue weighted by molar-refractivity contribution is 7.91. The maximum absolute atomic E-state index is 12.2. The highest BCUT2D eigenvalue weighted by Gasteiger charge is 2.33. The second kappa shape index (κ2) is 7.23. The fourth-order valence-corrected chi connectivity index (χ4v) is 6.13. The van der Waals surface area contributed by atoms with Gasteiger partial charge in [-0.3, -0.25) is 20.4 Å². The van der Waals surface area contributed by atoms with E-state index in [0.717, 1.165) is 25.7 Å². The Morgan fingerprint density at radius 3 is 2.54 bits per heavy atom. The first-order valence-corrected chi connectivity index (χ1v) is 11.0. The maximum Gasteiger partial charge on any atom is 0.279 e. The summed E-state index contributed by atoms with van der Waals surface area (Å²) in [5.41, 5.74) is 6.04. The summed E-state index contributed by atoms with van der Waals surface area (Å²) in [7, 11) is -3.11. The van der Waals surface area contributed by atoms with Crippen LogP contribution in [-0.2, 0) is 27.5 Å². The van der Waals surface area contributed by atoms with Gasteiger partial charge in [0.25, 0.3) is 5.91 Å². The maximum atomic E-state index is 12.2. The minimum Gasteiger partial charge on any atom is -0.273 e. The number of hydrogen-bond donors (Lipinski definition) is 2. The molecule has 6 nitrogen and oxygen atoms in total. The topological polar surface area (TPSA) is 92.3 Å². The van der Waals surface area contributed by atoms with Gasteiger partial charge in [-0.2, -0.15) is 0 Å². The van der Waals surface area contributed by atoms with Crippen molar-refractivity contribution in [2.24, 2.45) is 5.92 Å². The molecule has 2 heterocycles. The quantitative estimate of drug-likeness (QED) is 0.774. The van der Waals surface area contributed by atoms with Crippen LogP contribution in [0.4, 0.5) is 0 Å². The number of sulfone groups is 1. The lowest BCUT2D eigenvalue weighted by Gasteiger charge is -2.09. The Morgan fingerprint density at radius 2 is 1.83 bits per heavy atom. The molecule has 0 unspecified atom stereocenters. The van der Waals surface area contributed by atoms with Gasteiger partial charge < -0.3 is 0 Å². The lowest BCUT2D eigenvalue weighted by atomic mass is 10.00. The SMILES string of the molecule is O=C(NNC(=O)[C@@H]1CCS(=O)(=O)C1)c1cc2c(s1)CCCCCC2. The van der Waals surface area contributed by atoms with E-state index in [1.54, 1.807) is 0 Å². The summed E-state index contributed by atoms with van der Waals surface area (Å²) in [5.74, 6) is -1.43. The first kappa shape index (κ1) is 17.4. The van der Waals surface area contributed by atoms with Crippen molar-refractivity contribution in [3.8, 4) is 0 Å². The number of amides is 2. The van der Waals surface area contributed by atoms with Crippen molar-refractivity contribution in [1.82, 2.24) is 10.9 Å². The van der Waals surface area contributed by atoms with Gasteiger partial charge in [0.1, 0.15) is 0 Å². The van der Waals surface area contributed by atoms with Crippen LogP contribution >= 0.6 is 11.3 Å². The van der Waals surface area contributed by atoms with Gasteiger partial charge in [-0.25, -0.2) is 8.42 Å². The standard InChI is InChI=1S/C16H22N2O4S2/c19-15(12-7-8-24(21,22)10-12)17-18-16(20)14-9-11-5-3-1-2-4-6-13(11)23-14/h9,12H,1-8,10H2,(H,17,19)(H,18,20)/t12-/m1/s1. The zero-order chi connectivity index (χ0) is 17.2. The average molecular weight is 370 g/mol. The molecule has 2 N–H and O–H groups in total. The minimum absolute atomic E-state index is 0.0384. The molecule has 132 valence electrons. The minimum atomic E-state index is -3.11. The number of hydrogen-bond acceptors (Lipinski definition) is 5. The molecule has 24 heavy (non-hydrogen) atoms. The number of carbonyl (C=O) groups excluding carboxylic acids is 2. The Labute approximate surface area is 145 Å². The van der Waals surface area contributed by atoms with E-state index in [2.05, 4.69) is 10.9 Å². The highest BCUT2D eigenvalue weighted by atomic mass is 32.2. The number of nitrogens with one attached hydrogen (secondary N) is 2. The van der Waals surface area contributed by atoms with Crippen LogP contribution in [0.15, 0.2) is 6.07 Å². The van der Waals surface area contributed by atoms with Crippen LogP contribution in [0.1, 0.15) is 52.2 Å². The van der Waals surface area contributed by atoms with Crippen LogP contribution in [0.3, 0.4) is 0 Å². The molecule has 0 aromatic carbocycles. The molecular weight excluding hydrogens is 348 g/mol. The van der Waals surface area contributed by atoms with E-state index < -0.39 is 21.7 Å². The molecule has 2 amide bonds. The van der Waals surface area contributed by atoms with Crippen molar-refractivity contribution >= 4 is 33.0 Å². The highest BCUT2D eigenvalue weighted by Crippen LogP contribution is 2.28. The third kappa shape index (κ3) is 4.16. The molecule has 1 aromatic rings. The first-order valence-electron chi connectivity index (χ1n) is 8.37. The lowest BCUT2D eigenvalue weighted by molar-refractivity contribution is -0.125. The van der Waals surface area contributed by atoms with Crippen LogP contribution in [0.2, 0.25) is 0 Å². The summed E-state index contributed by atoms with van der Waals surface area (Å²) < 4.78 is 22.8. The van der Waals surface area contributed by atoms with Crippen molar-refractivity contribution in [1.29, 1.82) is 0 Å². The number of hydrazine groups is 1. The van der Waals surface area contributed by atoms with E-state index >= 15 is 0 Å². The van der Waals surface area contributed by atoms with Gasteiger partial charge in [0.2, 0.25) is 5.91 Å². The second-order valence-electron chi connectivity index (χ2n) is 6.52. The molecule has 1 fully saturated rings. The average Bonchev–Trinajstić information content (AvgIpc) is 3.07. The van der Waals surface area contributed by atoms with Gasteiger partial charge in [-0.15, -0.1) is 11.3 Å². The van der Waals surface area contributed by atoms with Gasteiger partial charge in [0, 0.05) is 4.88 Å². The monoisotopic (exact) mass is 370 g/mol. The van der Waals surface area contributed by atoms with Crippen molar-refractivity contribution in [3.63, 3.8) is 0 Å². The number of fused-ring (bicyclic) bond motifs is 1. The molecule has 8 heteroatoms. The van der Waals surface area contributed by atoms with E-state index in [0.29, 0.717) is 11.3 Å². The number of thiophene rings is 1. The number of carbonyl (C=O) groups is 2. The molecule has 1 aliphatic carbocycles. The van der Waals surface area contributed by atoms with Crippen LogP contribution in [0.25, 0.3) is 0 Å². The van der Waals surface area contributed by atoms with Crippen LogP contribution < -0.4 is 10.9 Å². The summed E-state index contributed by atoms with van der Waals surface area (Å²) in [6.07, 6.45) is 7.11. The summed E-state index contributed by atoms with van der Waals surface area (Å²) in [4.78, 5) is 26.1. The van der Waals surface area contributed by atoms with Gasteiger partial charge in [0.15, 0.2) is 9.84 Å². The fourth-order valence-electron chi connectivity index (χ4n) is 3.24. The molecule has 1 aromatic heterocycles. The lowest BCUT2D eigenvalue weighted by Crippen LogP contribution is -2.44. The Kier molecular flexibility index (Phi) is 5.24. The molecule has 1 aliphatic heterocycles. The van der Waals surface area contributed by atoms with Gasteiger partial charge in [-0.1, -0.05) is 12.8 Å². The normalized spacial score (nSPS) is 22.9. The van der Waals surface area contributed by atoms with Crippen molar-refractivity contribution in [2.45, 2.75) is 44.9 Å². The van der Waals surface area contributed by atoms with Crippen molar-refractivity contribution in [3.05, 3.63) is 21.4 Å². The number of aryl methyl sites for hydroxylation is 2. The van der Waals surface area contributed by atoms with Gasteiger partial charge in [0.05, 0.1) is 22.3 Å². The summed E-state index contributed by atoms with van der Waals surface area (Å²) in [6.45, 7) is 0. The smallest absolute Gasteiger partial charge is 0.273 e. The number of rotatable bonds is 2. The third-order valence-corrected chi connectivity index (χ3v) is 7.63. The molecule has 0 spiro atoms. The summed E-state index contributed by atoms with van der Waals surface area (Å²) in [6, 6.07) is 1.92. The van der Waals surface area contributed by atoms with E-state index in [1.165, 1.54) is 34.6 Å². The zero-order valence-electron chi connectivity index (χ0n) is 13.5. The largest absolute Gasteiger partial charge is 0.279 e. The molecule has 0 bridgehead atoms. The van der Waals surface area contributed by atoms with Crippen LogP contribution in [-0.4, -0.2) is 31.7 Å². The Hall–Kier alpha value is -1.41. The van der Waals surface area contributed by atoms with E-state index in [4.69, 9.17) is 0 Å². The second-order valence-corrected chi connectivity index (χ2v) is 9.88. The predicted octanol–water partition coefficient (Wildman–Crippen LogP) is 1.60. The molecule has 2 aliphatic rings. The third-order valence-electron chi connectivity index (χ3n) is 4.62. The zero-order valence-corrected chi connectivity index (χ0v) is 15.1. The summed E-state index contributed by atoms with van der Waals surface area (Å²) in [5, 5.41) is 0. The van der Waals surface area contributed by atoms with Crippen molar-refractivity contribution < 1.29 is 18.0 Å². The molecule has 0 radical (unpaired) electrons. The molecule has 0 saturated carbocycles. The van der Waals surface area contributed by atoms with Crippen molar-refractivity contribution in [2.75, 3.05) is 11.5 Å². The van der Waals surface area contributed by atoms with Gasteiger partial charge in [-0.05, 0) is 43.7 Å². The Balaban J connectivity index is 1.57. The van der Waals surface area contributed by atoms with E-state index in [9.17, 15) is 18.0 Å². The van der Waals surface area contributed by atoms with Crippen LogP contribution in [0, 0.1) is 5.92 Å². The van der Waals surface area contributed by atoms with E-state index in [-0.39, 0.29) is 17.4 Å². The molecule has 1 atom stereocenters. The van der Waals surface area contributed by atoms with Gasteiger partial charge >= 0.3 is 0 Å². The molecule has 1 saturated heterocycles. The Bertz CT molecular complexity index is 714. The first-order chi connectivity index (χ1) is 11.4. The fraction of sp³-hybridized carbons (Fsp3) is 0.625. The predicted molar refractivity (Wildman–Crippen MR) is 92.6 cm³/mol. The van der Waals surface area contributed by atoms with Crippen LogP contribution in [0.5, 0.6) is 0 Å². The Morgan fingerprint density at radius 1 is 1.08 bits per heavy atom. The molecule has 3 rings (SSSR count). The summed E-state index contributed by atoms with van der Waals surface area (Å²) >= 11 is 1.49.